The molecule has 100 valence electrons. The average molecular weight is 364 g/mol. The van der Waals surface area contributed by atoms with Crippen LogP contribution in [0.2, 0.25) is 0 Å². The van der Waals surface area contributed by atoms with E-state index in [1.165, 1.54) is 14.4 Å². The molecule has 0 spiro atoms. The molecule has 0 fully saturated rings. The molecular weight excluding hydrogens is 342 g/mol. The van der Waals surface area contributed by atoms with Gasteiger partial charge in [-0.1, -0.05) is 0 Å². The first-order valence-electron chi connectivity index (χ1n) is 5.51. The van der Waals surface area contributed by atoms with E-state index in [4.69, 9.17) is 0 Å². The first-order chi connectivity index (χ1) is 7.52. The average Bonchev–Trinajstić information content (AvgIpc) is 2.78. The monoisotopic (exact) mass is 362 g/mol. The fourth-order valence-electron chi connectivity index (χ4n) is 0.998. The summed E-state index contributed by atoms with van der Waals surface area (Å²) in [6.45, 7) is 8.41. The summed E-state index contributed by atoms with van der Waals surface area (Å²) in [4.78, 5) is 0. The maximum Gasteiger partial charge on any atom is -0.147 e. The Bertz CT molecular complexity index is 299. The SMILES string of the molecule is CC1=CC[C-]=C1.CC1=CC[C-]=C1.C[C](C)=[Zr+2].Cl.Cl. The number of allylic oxidation sites excluding steroid dienone is 8. The molecule has 0 radical (unpaired) electrons. The van der Waals surface area contributed by atoms with Crippen LogP contribution in [0, 0.1) is 12.2 Å². The van der Waals surface area contributed by atoms with E-state index in [0.717, 1.165) is 12.8 Å². The van der Waals surface area contributed by atoms with Crippen molar-refractivity contribution in [2.45, 2.75) is 40.5 Å². The third kappa shape index (κ3) is 18.7. The van der Waals surface area contributed by atoms with E-state index in [1.807, 2.05) is 12.2 Å². The molecule has 0 saturated carbocycles. The van der Waals surface area contributed by atoms with Gasteiger partial charge in [0, 0.05) is 0 Å². The minimum Gasteiger partial charge on any atom is -0.147 e. The minimum absolute atomic E-state index is 0. The second-order valence-corrected chi connectivity index (χ2v) is 6.46. The molecule has 0 aromatic rings. The molecule has 0 aliphatic heterocycles. The van der Waals surface area contributed by atoms with Gasteiger partial charge in [0.25, 0.3) is 0 Å². The summed E-state index contributed by atoms with van der Waals surface area (Å²) in [5.74, 6) is 0. The molecule has 2 aliphatic carbocycles. The standard InChI is InChI=1S/2C6H7.C3H6.2ClH.Zr/c2*1-6-4-2-3-5-6;1-3-2;;;/h2*4-5H,2H2,1H3;1-2H3;2*1H;/q2*-1;;;;+2. The van der Waals surface area contributed by atoms with Crippen molar-refractivity contribution in [1.29, 1.82) is 0 Å². The van der Waals surface area contributed by atoms with Crippen LogP contribution in [-0.2, 0) is 24.2 Å². The van der Waals surface area contributed by atoms with Crippen LogP contribution in [0.5, 0.6) is 0 Å². The number of halogens is 2. The first-order valence-corrected chi connectivity index (χ1v) is 6.73. The van der Waals surface area contributed by atoms with Crippen molar-refractivity contribution in [3.63, 3.8) is 0 Å². The summed E-state index contributed by atoms with van der Waals surface area (Å²) in [6.07, 6.45) is 16.5. The van der Waals surface area contributed by atoms with Crippen molar-refractivity contribution < 1.29 is 24.2 Å². The van der Waals surface area contributed by atoms with Crippen LogP contribution in [0.4, 0.5) is 0 Å². The predicted octanol–water partition coefficient (Wildman–Crippen LogP) is 4.98. The van der Waals surface area contributed by atoms with Crippen LogP contribution in [0.15, 0.2) is 35.5 Å². The largest absolute Gasteiger partial charge is 0.147 e. The van der Waals surface area contributed by atoms with Gasteiger partial charge in [0.15, 0.2) is 0 Å². The second-order valence-electron chi connectivity index (χ2n) is 4.00. The maximum atomic E-state index is 3.05. The van der Waals surface area contributed by atoms with Gasteiger partial charge in [-0.2, -0.15) is 12.2 Å². The Morgan fingerprint density at radius 1 is 0.944 bits per heavy atom. The summed E-state index contributed by atoms with van der Waals surface area (Å²) in [7, 11) is 0. The molecule has 2 rings (SSSR count). The van der Waals surface area contributed by atoms with Crippen LogP contribution in [-0.4, -0.2) is 3.21 Å². The van der Waals surface area contributed by atoms with Gasteiger partial charge >= 0.3 is 41.3 Å². The van der Waals surface area contributed by atoms with Gasteiger partial charge in [-0.15, -0.1) is 51.5 Å². The zero-order chi connectivity index (χ0) is 12.4. The van der Waals surface area contributed by atoms with Crippen LogP contribution < -0.4 is 0 Å². The first kappa shape index (κ1) is 23.4. The minimum atomic E-state index is 0. The van der Waals surface area contributed by atoms with E-state index in [2.05, 4.69) is 52.0 Å². The zero-order valence-electron chi connectivity index (χ0n) is 11.5. The van der Waals surface area contributed by atoms with E-state index in [1.54, 1.807) is 24.2 Å². The molecule has 0 nitrogen and oxygen atoms in total. The fourth-order valence-corrected chi connectivity index (χ4v) is 0.998. The van der Waals surface area contributed by atoms with Gasteiger partial charge < -0.3 is 0 Å². The summed E-state index contributed by atoms with van der Waals surface area (Å²) in [6, 6.07) is 0. The molecule has 3 heteroatoms. The van der Waals surface area contributed by atoms with E-state index >= 15 is 0 Å². The van der Waals surface area contributed by atoms with Gasteiger partial charge in [0.05, 0.1) is 0 Å². The van der Waals surface area contributed by atoms with E-state index < -0.39 is 0 Å². The second kappa shape index (κ2) is 15.4. The summed E-state index contributed by atoms with van der Waals surface area (Å²) in [5.41, 5.74) is 2.69. The summed E-state index contributed by atoms with van der Waals surface area (Å²) in [5, 5.41) is 0. The Kier molecular flexibility index (Phi) is 19.9. The van der Waals surface area contributed by atoms with Gasteiger partial charge in [-0.3, -0.25) is 12.2 Å². The molecule has 2 aliphatic rings. The number of rotatable bonds is 0. The molecule has 0 atom stereocenters. The van der Waals surface area contributed by atoms with Crippen molar-refractivity contribution in [2.75, 3.05) is 0 Å². The van der Waals surface area contributed by atoms with E-state index in [9.17, 15) is 0 Å². The van der Waals surface area contributed by atoms with Gasteiger partial charge in [-0.05, 0) is 0 Å². The van der Waals surface area contributed by atoms with E-state index in [0.29, 0.717) is 0 Å². The van der Waals surface area contributed by atoms with Crippen LogP contribution in [0.25, 0.3) is 0 Å². The molecule has 0 N–H and O–H groups in total. The Morgan fingerprint density at radius 3 is 1.28 bits per heavy atom. The molecule has 0 aromatic heterocycles. The Labute approximate surface area is 139 Å². The van der Waals surface area contributed by atoms with Crippen molar-refractivity contribution in [1.82, 2.24) is 0 Å². The quantitative estimate of drug-likeness (QED) is 0.532. The molecule has 0 aromatic carbocycles. The number of hydrogen-bond acceptors (Lipinski definition) is 0. The van der Waals surface area contributed by atoms with Crippen molar-refractivity contribution in [2.24, 2.45) is 0 Å². The van der Waals surface area contributed by atoms with Gasteiger partial charge in [0.1, 0.15) is 0 Å². The molecule has 0 heterocycles. The maximum absolute atomic E-state index is 3.05. The topological polar surface area (TPSA) is 0 Å². The van der Waals surface area contributed by atoms with Gasteiger partial charge in [0.2, 0.25) is 0 Å². The summed E-state index contributed by atoms with van der Waals surface area (Å²) >= 11 is 1.55. The Morgan fingerprint density at radius 2 is 1.22 bits per heavy atom. The summed E-state index contributed by atoms with van der Waals surface area (Å²) < 4.78 is 1.51. The predicted molar refractivity (Wildman–Crippen MR) is 83.2 cm³/mol. The van der Waals surface area contributed by atoms with Crippen molar-refractivity contribution in [3.05, 3.63) is 47.6 Å². The Hall–Kier alpha value is 0.293. The van der Waals surface area contributed by atoms with E-state index in [-0.39, 0.29) is 24.8 Å². The third-order valence-electron chi connectivity index (χ3n) is 1.74. The van der Waals surface area contributed by atoms with Crippen LogP contribution >= 0.6 is 24.8 Å². The smallest absolute Gasteiger partial charge is 0.147 e. The molecule has 0 unspecified atom stereocenters. The van der Waals surface area contributed by atoms with Crippen molar-refractivity contribution in [3.8, 4) is 0 Å². The number of hydrogen-bond donors (Lipinski definition) is 0. The fraction of sp³-hybridized carbons (Fsp3) is 0.400. The molecule has 0 amide bonds. The molecule has 0 bridgehead atoms. The third-order valence-corrected chi connectivity index (χ3v) is 1.74. The van der Waals surface area contributed by atoms with Crippen molar-refractivity contribution >= 4 is 28.0 Å². The van der Waals surface area contributed by atoms with Crippen LogP contribution in [0.1, 0.15) is 40.5 Å². The normalized spacial score (nSPS) is 13.9. The van der Waals surface area contributed by atoms with Gasteiger partial charge in [-0.25, -0.2) is 23.3 Å². The van der Waals surface area contributed by atoms with Crippen LogP contribution in [0.3, 0.4) is 0 Å². The molecular formula is C15H22Cl2Zr. The Balaban J connectivity index is -0.000000182. The molecule has 18 heavy (non-hydrogen) atoms. The zero-order valence-corrected chi connectivity index (χ0v) is 15.6. The molecule has 0 saturated heterocycles.